The Morgan fingerprint density at radius 3 is 1.72 bits per heavy atom. The first-order valence-electron chi connectivity index (χ1n) is 18.4. The lowest BCUT2D eigenvalue weighted by Crippen LogP contribution is -2.17. The van der Waals surface area contributed by atoms with Crippen LogP contribution in [0.4, 0.5) is 17.1 Å². The predicted molar refractivity (Wildman–Crippen MR) is 228 cm³/mol. The van der Waals surface area contributed by atoms with Crippen LogP contribution in [-0.2, 0) is 5.41 Å². The molecule has 0 atom stereocenters. The molecule has 1 aliphatic rings. The highest BCUT2D eigenvalue weighted by Gasteiger charge is 2.36. The van der Waals surface area contributed by atoms with E-state index < -0.39 is 0 Å². The van der Waals surface area contributed by atoms with Gasteiger partial charge < -0.3 is 4.90 Å². The molecule has 1 nitrogen and oxygen atoms in total. The van der Waals surface area contributed by atoms with E-state index in [9.17, 15) is 0 Å². The van der Waals surface area contributed by atoms with Crippen molar-refractivity contribution in [1.82, 2.24) is 0 Å². The lowest BCUT2D eigenvalue weighted by Gasteiger charge is -2.32. The van der Waals surface area contributed by atoms with Crippen LogP contribution in [0.3, 0.4) is 0 Å². The van der Waals surface area contributed by atoms with Gasteiger partial charge in [0.05, 0.1) is 5.69 Å². The quantitative estimate of drug-likeness (QED) is 0.167. The van der Waals surface area contributed by atoms with E-state index in [-0.39, 0.29) is 5.41 Å². The largest absolute Gasteiger partial charge is 0.309 e. The molecule has 0 unspecified atom stereocenters. The minimum atomic E-state index is -0.134. The summed E-state index contributed by atoms with van der Waals surface area (Å²) in [7, 11) is 0. The molecular weight excluding hydrogens is 659 g/mol. The fraction of sp³-hybridized carbons (Fsp3) is 0.0588. The molecule has 53 heavy (non-hydrogen) atoms. The van der Waals surface area contributed by atoms with Gasteiger partial charge in [-0.15, -0.1) is 11.3 Å². The second-order valence-corrected chi connectivity index (χ2v) is 15.6. The summed E-state index contributed by atoms with van der Waals surface area (Å²) in [5, 5.41) is 2.58. The van der Waals surface area contributed by atoms with Crippen molar-refractivity contribution in [1.29, 1.82) is 0 Å². The molecule has 8 aromatic carbocycles. The number of hydrogen-bond acceptors (Lipinski definition) is 2. The molecule has 1 heterocycles. The van der Waals surface area contributed by atoms with E-state index in [2.05, 4.69) is 207 Å². The molecule has 0 spiro atoms. The van der Waals surface area contributed by atoms with Gasteiger partial charge in [-0.2, -0.15) is 0 Å². The van der Waals surface area contributed by atoms with Gasteiger partial charge >= 0.3 is 0 Å². The third-order valence-electron chi connectivity index (χ3n) is 11.1. The number of benzene rings is 8. The van der Waals surface area contributed by atoms with Crippen LogP contribution in [0.5, 0.6) is 0 Å². The van der Waals surface area contributed by atoms with Gasteiger partial charge in [-0.05, 0) is 80.9 Å². The molecule has 10 rings (SSSR count). The average molecular weight is 696 g/mol. The Kier molecular flexibility index (Phi) is 7.42. The van der Waals surface area contributed by atoms with Gasteiger partial charge in [0.2, 0.25) is 0 Å². The molecule has 1 aromatic heterocycles. The zero-order chi connectivity index (χ0) is 35.5. The third-order valence-corrected chi connectivity index (χ3v) is 12.3. The molecule has 0 bridgehead atoms. The fourth-order valence-corrected chi connectivity index (χ4v) is 9.71. The van der Waals surface area contributed by atoms with Crippen molar-refractivity contribution in [2.75, 3.05) is 4.90 Å². The van der Waals surface area contributed by atoms with Gasteiger partial charge in [-0.25, -0.2) is 0 Å². The van der Waals surface area contributed by atoms with Crippen molar-refractivity contribution >= 4 is 48.6 Å². The number of hydrogen-bond donors (Lipinski definition) is 0. The molecule has 2 heteroatoms. The van der Waals surface area contributed by atoms with Crippen LogP contribution in [0, 0.1) is 0 Å². The van der Waals surface area contributed by atoms with Crippen molar-refractivity contribution in [3.63, 3.8) is 0 Å². The first-order valence-corrected chi connectivity index (χ1v) is 19.2. The zero-order valence-electron chi connectivity index (χ0n) is 29.8. The van der Waals surface area contributed by atoms with Crippen LogP contribution in [0.1, 0.15) is 25.0 Å². The summed E-state index contributed by atoms with van der Waals surface area (Å²) >= 11 is 1.89. The Bertz CT molecular complexity index is 2780. The topological polar surface area (TPSA) is 3.24 Å². The van der Waals surface area contributed by atoms with Gasteiger partial charge in [0.1, 0.15) is 0 Å². The summed E-state index contributed by atoms with van der Waals surface area (Å²) in [6, 6.07) is 69.1. The van der Waals surface area contributed by atoms with Crippen molar-refractivity contribution in [3.8, 4) is 44.5 Å². The minimum absolute atomic E-state index is 0.134. The number of rotatable bonds is 6. The molecule has 0 aliphatic heterocycles. The lowest BCUT2D eigenvalue weighted by molar-refractivity contribution is 0.660. The second-order valence-electron chi connectivity index (χ2n) is 14.5. The van der Waals surface area contributed by atoms with E-state index in [0.29, 0.717) is 0 Å². The summed E-state index contributed by atoms with van der Waals surface area (Å²) in [6.45, 7) is 4.74. The number of anilines is 3. The molecule has 0 saturated carbocycles. The molecule has 0 fully saturated rings. The van der Waals surface area contributed by atoms with Crippen molar-refractivity contribution in [3.05, 3.63) is 199 Å². The minimum Gasteiger partial charge on any atom is -0.309 e. The SMILES string of the molecule is CC1(C)c2ccccc2-c2ccc(N(c3ccc(-c4ccccc4)cc3)c3c(-c4ccccc4)cc4c(sc5ccccc54)c3-c3ccccc3)cc21. The van der Waals surface area contributed by atoms with Gasteiger partial charge in [0.25, 0.3) is 0 Å². The van der Waals surface area contributed by atoms with Crippen molar-refractivity contribution in [2.24, 2.45) is 0 Å². The zero-order valence-corrected chi connectivity index (χ0v) is 30.6. The van der Waals surface area contributed by atoms with Crippen LogP contribution in [0.15, 0.2) is 188 Å². The summed E-state index contributed by atoms with van der Waals surface area (Å²) in [6.07, 6.45) is 0. The maximum absolute atomic E-state index is 2.53. The highest BCUT2D eigenvalue weighted by Crippen LogP contribution is 2.55. The van der Waals surface area contributed by atoms with Crippen LogP contribution in [0.2, 0.25) is 0 Å². The Balaban J connectivity index is 1.32. The normalized spacial score (nSPS) is 12.9. The monoisotopic (exact) mass is 695 g/mol. The summed E-state index contributed by atoms with van der Waals surface area (Å²) < 4.78 is 2.60. The molecule has 1 aliphatic carbocycles. The van der Waals surface area contributed by atoms with E-state index in [1.54, 1.807) is 0 Å². The Hall–Kier alpha value is -6.22. The van der Waals surface area contributed by atoms with Crippen LogP contribution < -0.4 is 4.90 Å². The fourth-order valence-electron chi connectivity index (χ4n) is 8.46. The number of nitrogens with zero attached hydrogens (tertiary/aromatic N) is 1. The van der Waals surface area contributed by atoms with E-state index in [1.165, 1.54) is 81.5 Å². The van der Waals surface area contributed by atoms with Gasteiger partial charge in [-0.1, -0.05) is 166 Å². The summed E-state index contributed by atoms with van der Waals surface area (Å²) in [5.74, 6) is 0. The second kappa shape index (κ2) is 12.5. The predicted octanol–water partition coefficient (Wildman–Crippen LogP) is 14.8. The van der Waals surface area contributed by atoms with Gasteiger partial charge in [0, 0.05) is 48.1 Å². The maximum Gasteiger partial charge on any atom is 0.0633 e. The first kappa shape index (κ1) is 31.5. The molecular formula is C51H37NS. The van der Waals surface area contributed by atoms with Crippen molar-refractivity contribution < 1.29 is 0 Å². The van der Waals surface area contributed by atoms with E-state index in [4.69, 9.17) is 0 Å². The Morgan fingerprint density at radius 2 is 0.981 bits per heavy atom. The first-order chi connectivity index (χ1) is 26.1. The van der Waals surface area contributed by atoms with E-state index in [0.717, 1.165) is 11.4 Å². The summed E-state index contributed by atoms with van der Waals surface area (Å²) in [5.41, 5.74) is 16.0. The Labute approximate surface area is 315 Å². The highest BCUT2D eigenvalue weighted by atomic mass is 32.1. The maximum atomic E-state index is 2.53. The van der Waals surface area contributed by atoms with E-state index >= 15 is 0 Å². The number of thiophene rings is 1. The number of fused-ring (bicyclic) bond motifs is 6. The molecule has 0 amide bonds. The van der Waals surface area contributed by atoms with Crippen LogP contribution >= 0.6 is 11.3 Å². The molecule has 0 radical (unpaired) electrons. The molecule has 9 aromatic rings. The summed E-state index contributed by atoms with van der Waals surface area (Å²) in [4.78, 5) is 2.53. The smallest absolute Gasteiger partial charge is 0.0633 e. The lowest BCUT2D eigenvalue weighted by atomic mass is 9.82. The Morgan fingerprint density at radius 1 is 0.415 bits per heavy atom. The van der Waals surface area contributed by atoms with Gasteiger partial charge in [0.15, 0.2) is 0 Å². The van der Waals surface area contributed by atoms with Crippen LogP contribution in [0.25, 0.3) is 64.7 Å². The third kappa shape index (κ3) is 5.13. The standard InChI is InChI=1S/C51H37NS/c1-51(2)45-24-14-12-22-40(45)41-31-30-39(32-46(41)51)52(38-28-26-35(27-29-38)34-16-6-3-7-17-34)49-43(36-18-8-4-9-19-36)33-44-42-23-13-15-25-47(42)53-50(44)48(49)37-20-10-5-11-21-37/h3-33H,1-2H3. The van der Waals surface area contributed by atoms with Gasteiger partial charge in [-0.3, -0.25) is 0 Å². The highest BCUT2D eigenvalue weighted by molar-refractivity contribution is 7.26. The molecule has 0 saturated heterocycles. The molecule has 252 valence electrons. The van der Waals surface area contributed by atoms with Crippen LogP contribution in [-0.4, -0.2) is 0 Å². The van der Waals surface area contributed by atoms with E-state index in [1.807, 2.05) is 11.3 Å². The molecule has 0 N–H and O–H groups in total. The van der Waals surface area contributed by atoms with Crippen molar-refractivity contribution in [2.45, 2.75) is 19.3 Å². The average Bonchev–Trinajstić information content (AvgIpc) is 3.70.